The third-order valence-corrected chi connectivity index (χ3v) is 3.34. The number of para-hydroxylation sites is 2. The van der Waals surface area contributed by atoms with Crippen LogP contribution in [0.3, 0.4) is 0 Å². The van der Waals surface area contributed by atoms with Crippen molar-refractivity contribution in [3.8, 4) is 11.8 Å². The maximum absolute atomic E-state index is 11.5. The van der Waals surface area contributed by atoms with Crippen molar-refractivity contribution in [1.29, 1.82) is 5.26 Å². The number of imidazole rings is 1. The van der Waals surface area contributed by atoms with Crippen molar-refractivity contribution in [1.82, 2.24) is 9.55 Å². The molecule has 1 aromatic heterocycles. The quantitative estimate of drug-likeness (QED) is 0.781. The van der Waals surface area contributed by atoms with E-state index in [0.717, 1.165) is 0 Å². The minimum atomic E-state index is -1.02. The minimum absolute atomic E-state index is 0.167. The van der Waals surface area contributed by atoms with Crippen LogP contribution in [0.25, 0.3) is 16.7 Å². The topological polar surface area (TPSA) is 78.9 Å². The first-order chi connectivity index (χ1) is 10.1. The predicted molar refractivity (Wildman–Crippen MR) is 77.5 cm³/mol. The van der Waals surface area contributed by atoms with Gasteiger partial charge in [0.2, 0.25) is 0 Å². The lowest BCUT2D eigenvalue weighted by Crippen LogP contribution is -2.04. The first kappa shape index (κ1) is 12.9. The Morgan fingerprint density at radius 2 is 2.00 bits per heavy atom. The van der Waals surface area contributed by atoms with Crippen LogP contribution in [0.4, 0.5) is 0 Å². The first-order valence-electron chi connectivity index (χ1n) is 6.34. The van der Waals surface area contributed by atoms with E-state index in [1.165, 1.54) is 6.07 Å². The van der Waals surface area contributed by atoms with Gasteiger partial charge in [0.05, 0.1) is 27.8 Å². The maximum Gasteiger partial charge on any atom is 0.337 e. The summed E-state index contributed by atoms with van der Waals surface area (Å²) in [6.07, 6.45) is 0. The average molecular weight is 277 g/mol. The van der Waals surface area contributed by atoms with Gasteiger partial charge < -0.3 is 5.11 Å². The minimum Gasteiger partial charge on any atom is -0.478 e. The average Bonchev–Trinajstić information content (AvgIpc) is 2.82. The molecule has 102 valence electrons. The number of benzene rings is 2. The van der Waals surface area contributed by atoms with Gasteiger partial charge >= 0.3 is 5.97 Å². The van der Waals surface area contributed by atoms with Crippen LogP contribution in [0.1, 0.15) is 21.7 Å². The molecule has 1 N–H and O–H groups in total. The van der Waals surface area contributed by atoms with Crippen LogP contribution in [-0.2, 0) is 0 Å². The highest BCUT2D eigenvalue weighted by Gasteiger charge is 2.18. The summed E-state index contributed by atoms with van der Waals surface area (Å²) < 4.78 is 1.72. The molecule has 3 aromatic rings. The number of hydrogen-bond donors (Lipinski definition) is 1. The summed E-state index contributed by atoms with van der Waals surface area (Å²) in [4.78, 5) is 15.9. The fraction of sp³-hybridized carbons (Fsp3) is 0.0625. The van der Waals surface area contributed by atoms with Crippen LogP contribution in [-0.4, -0.2) is 20.6 Å². The number of hydrogen-bond acceptors (Lipinski definition) is 3. The van der Waals surface area contributed by atoms with E-state index in [9.17, 15) is 15.2 Å². The summed E-state index contributed by atoms with van der Waals surface area (Å²) in [6.45, 7) is 1.79. The molecule has 0 radical (unpaired) electrons. The molecule has 21 heavy (non-hydrogen) atoms. The van der Waals surface area contributed by atoms with Crippen LogP contribution in [0.5, 0.6) is 0 Å². The number of nitriles is 1. The second kappa shape index (κ2) is 4.76. The Labute approximate surface area is 120 Å². The molecule has 0 aliphatic carbocycles. The molecule has 0 bridgehead atoms. The number of aryl methyl sites for hydroxylation is 1. The molecular formula is C16H11N3O2. The summed E-state index contributed by atoms with van der Waals surface area (Å²) >= 11 is 0. The lowest BCUT2D eigenvalue weighted by molar-refractivity contribution is 0.0698. The van der Waals surface area contributed by atoms with Gasteiger partial charge in [0.25, 0.3) is 0 Å². The van der Waals surface area contributed by atoms with Gasteiger partial charge in [-0.3, -0.25) is 4.57 Å². The number of carbonyl (C=O) groups is 1. The van der Waals surface area contributed by atoms with E-state index in [2.05, 4.69) is 11.1 Å². The van der Waals surface area contributed by atoms with Crippen molar-refractivity contribution >= 4 is 17.0 Å². The van der Waals surface area contributed by atoms with E-state index in [-0.39, 0.29) is 5.56 Å². The molecule has 5 nitrogen and oxygen atoms in total. The van der Waals surface area contributed by atoms with Gasteiger partial charge in [-0.05, 0) is 31.2 Å². The molecule has 2 aromatic carbocycles. The Bertz CT molecular complexity index is 904. The Balaban J connectivity index is 2.46. The van der Waals surface area contributed by atoms with Gasteiger partial charge in [-0.2, -0.15) is 5.26 Å². The molecule has 0 amide bonds. The van der Waals surface area contributed by atoms with E-state index in [0.29, 0.717) is 28.1 Å². The molecule has 1 heterocycles. The molecule has 0 aliphatic rings. The molecule has 0 atom stereocenters. The number of aromatic carboxylic acids is 1. The molecule has 3 rings (SSSR count). The highest BCUT2D eigenvalue weighted by molar-refractivity contribution is 6.02. The maximum atomic E-state index is 11.5. The molecule has 5 heteroatoms. The van der Waals surface area contributed by atoms with E-state index >= 15 is 0 Å². The molecule has 0 aliphatic heterocycles. The highest BCUT2D eigenvalue weighted by Crippen LogP contribution is 2.26. The van der Waals surface area contributed by atoms with Crippen LogP contribution in [0.15, 0.2) is 42.5 Å². The second-order valence-corrected chi connectivity index (χ2v) is 4.60. The number of nitrogens with zero attached hydrogens (tertiary/aromatic N) is 3. The normalized spacial score (nSPS) is 10.5. The highest BCUT2D eigenvalue weighted by atomic mass is 16.4. The van der Waals surface area contributed by atoms with Gasteiger partial charge in [-0.25, -0.2) is 9.78 Å². The lowest BCUT2D eigenvalue weighted by atomic mass is 10.1. The monoisotopic (exact) mass is 277 g/mol. The fourth-order valence-corrected chi connectivity index (χ4v) is 2.47. The van der Waals surface area contributed by atoms with Gasteiger partial charge in [-0.1, -0.05) is 18.2 Å². The number of carboxylic acid groups (broad SMARTS) is 1. The van der Waals surface area contributed by atoms with E-state index in [1.807, 2.05) is 6.07 Å². The molecule has 0 saturated heterocycles. The summed E-state index contributed by atoms with van der Waals surface area (Å²) in [6, 6.07) is 14.2. The molecular weight excluding hydrogens is 266 g/mol. The Morgan fingerprint density at radius 3 is 2.71 bits per heavy atom. The van der Waals surface area contributed by atoms with Crippen molar-refractivity contribution in [2.45, 2.75) is 6.92 Å². The van der Waals surface area contributed by atoms with Crippen LogP contribution >= 0.6 is 0 Å². The smallest absolute Gasteiger partial charge is 0.337 e. The standard InChI is InChI=1S/C16H11N3O2/c1-10-18-13-7-4-6-12(16(20)21)15(13)19(10)14-8-3-2-5-11(14)9-17/h2-8H,1H3,(H,20,21). The van der Waals surface area contributed by atoms with Crippen LogP contribution in [0, 0.1) is 18.3 Å². The first-order valence-corrected chi connectivity index (χ1v) is 6.34. The van der Waals surface area contributed by atoms with Gasteiger partial charge in [0, 0.05) is 0 Å². The SMILES string of the molecule is Cc1nc2cccc(C(=O)O)c2n1-c1ccccc1C#N. The van der Waals surface area contributed by atoms with Crippen LogP contribution in [0.2, 0.25) is 0 Å². The number of fused-ring (bicyclic) bond motifs is 1. The van der Waals surface area contributed by atoms with E-state index in [4.69, 9.17) is 0 Å². The van der Waals surface area contributed by atoms with Crippen molar-refractivity contribution in [3.05, 3.63) is 59.4 Å². The molecule has 0 fully saturated rings. The fourth-order valence-electron chi connectivity index (χ4n) is 2.47. The lowest BCUT2D eigenvalue weighted by Gasteiger charge is -2.10. The van der Waals surface area contributed by atoms with Crippen molar-refractivity contribution in [2.24, 2.45) is 0 Å². The third kappa shape index (κ3) is 1.94. The second-order valence-electron chi connectivity index (χ2n) is 4.60. The summed E-state index contributed by atoms with van der Waals surface area (Å²) in [5, 5.41) is 18.6. The Morgan fingerprint density at radius 1 is 1.24 bits per heavy atom. The molecule has 0 spiro atoms. The Kier molecular flexibility index (Phi) is 2.92. The van der Waals surface area contributed by atoms with E-state index < -0.39 is 5.97 Å². The van der Waals surface area contributed by atoms with Crippen molar-refractivity contribution in [3.63, 3.8) is 0 Å². The zero-order valence-corrected chi connectivity index (χ0v) is 11.2. The van der Waals surface area contributed by atoms with Crippen LogP contribution < -0.4 is 0 Å². The van der Waals surface area contributed by atoms with Crippen molar-refractivity contribution < 1.29 is 9.90 Å². The molecule has 0 saturated carbocycles. The summed E-state index contributed by atoms with van der Waals surface area (Å²) in [5.41, 5.74) is 2.37. The van der Waals surface area contributed by atoms with E-state index in [1.54, 1.807) is 41.8 Å². The van der Waals surface area contributed by atoms with Crippen molar-refractivity contribution in [2.75, 3.05) is 0 Å². The van der Waals surface area contributed by atoms with Gasteiger partial charge in [-0.15, -0.1) is 0 Å². The zero-order chi connectivity index (χ0) is 15.0. The Hall–Kier alpha value is -3.13. The third-order valence-electron chi connectivity index (χ3n) is 3.34. The number of rotatable bonds is 2. The number of aromatic nitrogens is 2. The van der Waals surface area contributed by atoms with Gasteiger partial charge in [0.1, 0.15) is 11.9 Å². The van der Waals surface area contributed by atoms with Gasteiger partial charge in [0.15, 0.2) is 0 Å². The number of carboxylic acids is 1. The summed E-state index contributed by atoms with van der Waals surface area (Å²) in [7, 11) is 0. The molecule has 0 unspecified atom stereocenters. The zero-order valence-electron chi connectivity index (χ0n) is 11.2. The summed E-state index contributed by atoms with van der Waals surface area (Å²) in [5.74, 6) is -0.377. The largest absolute Gasteiger partial charge is 0.478 e. The predicted octanol–water partition coefficient (Wildman–Crippen LogP) is 2.90.